The zero-order valence-corrected chi connectivity index (χ0v) is 17.6. The monoisotopic (exact) mass is 390 g/mol. The number of hydrogen-bond acceptors (Lipinski definition) is 5. The first-order chi connectivity index (χ1) is 13.5. The summed E-state index contributed by atoms with van der Waals surface area (Å²) in [5.41, 5.74) is 3.30. The van der Waals surface area contributed by atoms with E-state index in [-0.39, 0.29) is 24.6 Å². The van der Waals surface area contributed by atoms with E-state index in [0.29, 0.717) is 19.7 Å². The van der Waals surface area contributed by atoms with E-state index < -0.39 is 0 Å². The molecule has 156 valence electrons. The number of likely N-dealkylation sites (tertiary alicyclic amines) is 1. The minimum Gasteiger partial charge on any atom is -0.450 e. The molecule has 0 atom stereocenters. The number of rotatable bonds is 8. The number of nitrogens with zero attached hydrogens (tertiary/aromatic N) is 2. The molecule has 1 heterocycles. The van der Waals surface area contributed by atoms with E-state index in [1.807, 2.05) is 6.07 Å². The van der Waals surface area contributed by atoms with Crippen LogP contribution in [0.3, 0.4) is 0 Å². The molecule has 0 radical (unpaired) electrons. The largest absolute Gasteiger partial charge is 0.450 e. The average Bonchev–Trinajstić information content (AvgIpc) is 2.69. The quantitative estimate of drug-likeness (QED) is 0.714. The maximum absolute atomic E-state index is 12.3. The molecule has 0 spiro atoms. The van der Waals surface area contributed by atoms with E-state index in [0.717, 1.165) is 37.2 Å². The number of piperidine rings is 1. The third-order valence-electron chi connectivity index (χ3n) is 5.16. The molecule has 28 heavy (non-hydrogen) atoms. The molecule has 7 heteroatoms. The van der Waals surface area contributed by atoms with Crippen molar-refractivity contribution in [1.29, 1.82) is 0 Å². The molecule has 1 fully saturated rings. The highest BCUT2D eigenvalue weighted by Gasteiger charge is 2.24. The minimum absolute atomic E-state index is 0.0261. The molecule has 1 saturated heterocycles. The average molecular weight is 391 g/mol. The molecule has 7 nitrogen and oxygen atoms in total. The van der Waals surface area contributed by atoms with E-state index in [4.69, 9.17) is 4.74 Å². The van der Waals surface area contributed by atoms with Gasteiger partial charge in [-0.2, -0.15) is 0 Å². The SMILES string of the molecule is CCOC(=O)N1CCC(NC(=O)CNc2ccc(N(CC)CC)cc2C)CC1. The Morgan fingerprint density at radius 3 is 2.43 bits per heavy atom. The van der Waals surface area contributed by atoms with Gasteiger partial charge in [0.15, 0.2) is 0 Å². The molecule has 0 aromatic heterocycles. The van der Waals surface area contributed by atoms with Crippen LogP contribution in [0.15, 0.2) is 18.2 Å². The third kappa shape index (κ3) is 6.04. The molecule has 2 rings (SSSR count). The van der Waals surface area contributed by atoms with Crippen molar-refractivity contribution in [3.8, 4) is 0 Å². The number of anilines is 2. The van der Waals surface area contributed by atoms with Gasteiger partial charge in [-0.15, -0.1) is 0 Å². The van der Waals surface area contributed by atoms with Crippen molar-refractivity contribution in [2.75, 3.05) is 49.5 Å². The first-order valence-electron chi connectivity index (χ1n) is 10.3. The highest BCUT2D eigenvalue weighted by Crippen LogP contribution is 2.22. The van der Waals surface area contributed by atoms with Crippen molar-refractivity contribution in [2.24, 2.45) is 0 Å². The van der Waals surface area contributed by atoms with E-state index in [2.05, 4.69) is 48.4 Å². The van der Waals surface area contributed by atoms with Crippen LogP contribution in [0.25, 0.3) is 0 Å². The first kappa shape index (κ1) is 21.9. The van der Waals surface area contributed by atoms with Crippen molar-refractivity contribution in [3.05, 3.63) is 23.8 Å². The summed E-state index contributed by atoms with van der Waals surface area (Å²) in [7, 11) is 0. The van der Waals surface area contributed by atoms with Gasteiger partial charge in [0, 0.05) is 43.6 Å². The first-order valence-corrected chi connectivity index (χ1v) is 10.3. The van der Waals surface area contributed by atoms with Crippen molar-refractivity contribution in [3.63, 3.8) is 0 Å². The van der Waals surface area contributed by atoms with Gasteiger partial charge in [0.05, 0.1) is 13.2 Å². The smallest absolute Gasteiger partial charge is 0.409 e. The zero-order chi connectivity index (χ0) is 20.5. The fourth-order valence-corrected chi connectivity index (χ4v) is 3.51. The van der Waals surface area contributed by atoms with Crippen LogP contribution in [0.2, 0.25) is 0 Å². The third-order valence-corrected chi connectivity index (χ3v) is 5.16. The summed E-state index contributed by atoms with van der Waals surface area (Å²) < 4.78 is 5.02. The lowest BCUT2D eigenvalue weighted by atomic mass is 10.1. The van der Waals surface area contributed by atoms with Crippen LogP contribution in [0.5, 0.6) is 0 Å². The standard InChI is InChI=1S/C21H34N4O3/c1-5-24(6-2)18-8-9-19(16(4)14-18)22-15-20(26)23-17-10-12-25(13-11-17)21(27)28-7-3/h8-9,14,17,22H,5-7,10-13,15H2,1-4H3,(H,23,26). The fourth-order valence-electron chi connectivity index (χ4n) is 3.51. The van der Waals surface area contributed by atoms with Crippen LogP contribution in [-0.4, -0.2) is 62.3 Å². The maximum Gasteiger partial charge on any atom is 0.409 e. The highest BCUT2D eigenvalue weighted by atomic mass is 16.6. The minimum atomic E-state index is -0.266. The predicted molar refractivity (Wildman–Crippen MR) is 113 cm³/mol. The van der Waals surface area contributed by atoms with Gasteiger partial charge in [-0.05, 0) is 64.3 Å². The molecule has 0 bridgehead atoms. The van der Waals surface area contributed by atoms with Gasteiger partial charge < -0.3 is 25.2 Å². The highest BCUT2D eigenvalue weighted by molar-refractivity contribution is 5.81. The molecular weight excluding hydrogens is 356 g/mol. The van der Waals surface area contributed by atoms with E-state index >= 15 is 0 Å². The summed E-state index contributed by atoms with van der Waals surface area (Å²) in [5, 5.41) is 6.29. The fraction of sp³-hybridized carbons (Fsp3) is 0.619. The van der Waals surface area contributed by atoms with Crippen LogP contribution >= 0.6 is 0 Å². The normalized spacial score (nSPS) is 14.5. The predicted octanol–water partition coefficient (Wildman–Crippen LogP) is 2.99. The Balaban J connectivity index is 1.78. The Hall–Kier alpha value is -2.44. The second kappa shape index (κ2) is 10.8. The lowest BCUT2D eigenvalue weighted by molar-refractivity contribution is -0.120. The molecule has 0 saturated carbocycles. The second-order valence-electron chi connectivity index (χ2n) is 7.05. The molecule has 1 aliphatic heterocycles. The van der Waals surface area contributed by atoms with Gasteiger partial charge in [0.1, 0.15) is 0 Å². The summed E-state index contributed by atoms with van der Waals surface area (Å²) >= 11 is 0. The van der Waals surface area contributed by atoms with Gasteiger partial charge in [-0.25, -0.2) is 4.79 Å². The van der Waals surface area contributed by atoms with Crippen molar-refractivity contribution in [2.45, 2.75) is 46.6 Å². The van der Waals surface area contributed by atoms with Crippen molar-refractivity contribution in [1.82, 2.24) is 10.2 Å². The number of nitrogens with one attached hydrogen (secondary N) is 2. The summed E-state index contributed by atoms with van der Waals surface area (Å²) in [5.74, 6) is -0.0261. The lowest BCUT2D eigenvalue weighted by Gasteiger charge is -2.31. The van der Waals surface area contributed by atoms with Crippen molar-refractivity contribution < 1.29 is 14.3 Å². The number of carbonyl (C=O) groups is 2. The van der Waals surface area contributed by atoms with Crippen LogP contribution in [0.1, 0.15) is 39.2 Å². The Kier molecular flexibility index (Phi) is 8.42. The van der Waals surface area contributed by atoms with Crippen LogP contribution < -0.4 is 15.5 Å². The molecule has 1 aromatic rings. The Bertz CT molecular complexity index is 653. The Morgan fingerprint density at radius 2 is 1.86 bits per heavy atom. The molecule has 0 unspecified atom stereocenters. The maximum atomic E-state index is 12.3. The molecule has 1 aromatic carbocycles. The van der Waals surface area contributed by atoms with Crippen molar-refractivity contribution >= 4 is 23.4 Å². The molecule has 2 N–H and O–H groups in total. The Morgan fingerprint density at radius 1 is 1.18 bits per heavy atom. The van der Waals surface area contributed by atoms with Gasteiger partial charge in [-0.1, -0.05) is 0 Å². The number of ether oxygens (including phenoxy) is 1. The summed E-state index contributed by atoms with van der Waals surface area (Å²) in [4.78, 5) is 28.0. The second-order valence-corrected chi connectivity index (χ2v) is 7.05. The van der Waals surface area contributed by atoms with Crippen LogP contribution in [0, 0.1) is 6.92 Å². The summed E-state index contributed by atoms with van der Waals surface area (Å²) in [6.07, 6.45) is 1.24. The van der Waals surface area contributed by atoms with Gasteiger partial charge in [0.25, 0.3) is 0 Å². The van der Waals surface area contributed by atoms with E-state index in [9.17, 15) is 9.59 Å². The number of benzene rings is 1. The molecule has 1 aliphatic rings. The number of carbonyl (C=O) groups excluding carboxylic acids is 2. The Labute approximate surface area is 168 Å². The molecular formula is C21H34N4O3. The lowest BCUT2D eigenvalue weighted by Crippen LogP contribution is -2.47. The summed E-state index contributed by atoms with van der Waals surface area (Å²) in [6.45, 7) is 11.9. The zero-order valence-electron chi connectivity index (χ0n) is 17.6. The summed E-state index contributed by atoms with van der Waals surface area (Å²) in [6, 6.07) is 6.38. The van der Waals surface area contributed by atoms with E-state index in [1.54, 1.807) is 11.8 Å². The number of hydrogen-bond donors (Lipinski definition) is 2. The van der Waals surface area contributed by atoms with Gasteiger partial charge in [-0.3, -0.25) is 4.79 Å². The molecule has 0 aliphatic carbocycles. The van der Waals surface area contributed by atoms with E-state index in [1.165, 1.54) is 5.69 Å². The van der Waals surface area contributed by atoms with Crippen LogP contribution in [-0.2, 0) is 9.53 Å². The topological polar surface area (TPSA) is 73.9 Å². The van der Waals surface area contributed by atoms with Gasteiger partial charge in [0.2, 0.25) is 5.91 Å². The van der Waals surface area contributed by atoms with Gasteiger partial charge >= 0.3 is 6.09 Å². The number of aryl methyl sites for hydroxylation is 1. The van der Waals surface area contributed by atoms with Crippen LogP contribution in [0.4, 0.5) is 16.2 Å². The number of amides is 2. The molecule has 2 amide bonds.